The normalized spacial score (nSPS) is 30.3. The molecule has 1 aliphatic rings. The van der Waals surface area contributed by atoms with Crippen LogP contribution in [0.15, 0.2) is 30.3 Å². The van der Waals surface area contributed by atoms with Gasteiger partial charge < -0.3 is 24.8 Å². The Labute approximate surface area is 110 Å². The minimum absolute atomic E-state index is 0.0902. The standard InChI is InChI=1S/C13H16O6/c14-8-13(17)11(15)6-10(19-13)7-18-12(16)9-4-2-1-3-5-9/h1-5,10-11,14-15,17H,6-8H2/t10-,11-,13+/m0/s1. The zero-order chi connectivity index (χ0) is 13.9. The first-order valence-corrected chi connectivity index (χ1v) is 5.96. The minimum atomic E-state index is -1.97. The van der Waals surface area contributed by atoms with E-state index >= 15 is 0 Å². The van der Waals surface area contributed by atoms with Crippen molar-refractivity contribution < 1.29 is 29.6 Å². The molecule has 1 aliphatic heterocycles. The monoisotopic (exact) mass is 268 g/mol. The highest BCUT2D eigenvalue weighted by Gasteiger charge is 2.46. The van der Waals surface area contributed by atoms with E-state index in [9.17, 15) is 15.0 Å². The molecule has 1 fully saturated rings. The SMILES string of the molecule is O=C(OC[C@@H]1C[C@H](O)[C@@](O)(CO)O1)c1ccccc1. The molecule has 1 heterocycles. The van der Waals surface area contributed by atoms with Gasteiger partial charge in [0.2, 0.25) is 5.79 Å². The van der Waals surface area contributed by atoms with E-state index < -0.39 is 30.6 Å². The highest BCUT2D eigenvalue weighted by molar-refractivity contribution is 5.89. The summed E-state index contributed by atoms with van der Waals surface area (Å²) < 4.78 is 10.1. The molecule has 0 aromatic heterocycles. The average molecular weight is 268 g/mol. The number of hydrogen-bond acceptors (Lipinski definition) is 6. The molecule has 6 nitrogen and oxygen atoms in total. The second kappa shape index (κ2) is 5.66. The lowest BCUT2D eigenvalue weighted by Gasteiger charge is -2.23. The summed E-state index contributed by atoms with van der Waals surface area (Å²) >= 11 is 0. The van der Waals surface area contributed by atoms with Crippen LogP contribution in [0.25, 0.3) is 0 Å². The summed E-state index contributed by atoms with van der Waals surface area (Å²) in [4.78, 5) is 11.7. The number of ether oxygens (including phenoxy) is 2. The van der Waals surface area contributed by atoms with E-state index in [0.717, 1.165) is 0 Å². The molecule has 0 spiro atoms. The van der Waals surface area contributed by atoms with Crippen LogP contribution >= 0.6 is 0 Å². The molecule has 19 heavy (non-hydrogen) atoms. The number of hydrogen-bond donors (Lipinski definition) is 3. The Morgan fingerprint density at radius 2 is 2.11 bits per heavy atom. The Morgan fingerprint density at radius 1 is 1.42 bits per heavy atom. The van der Waals surface area contributed by atoms with Crippen molar-refractivity contribution in [2.24, 2.45) is 0 Å². The maximum atomic E-state index is 11.7. The van der Waals surface area contributed by atoms with Crippen LogP contribution in [0.2, 0.25) is 0 Å². The lowest BCUT2D eigenvalue weighted by Crippen LogP contribution is -2.43. The number of carbonyl (C=O) groups is 1. The summed E-state index contributed by atoms with van der Waals surface area (Å²) in [6.07, 6.45) is -1.74. The van der Waals surface area contributed by atoms with Crippen molar-refractivity contribution >= 4 is 5.97 Å². The van der Waals surface area contributed by atoms with Gasteiger partial charge in [0.05, 0.1) is 18.3 Å². The average Bonchev–Trinajstić information content (AvgIpc) is 2.73. The molecule has 0 radical (unpaired) electrons. The number of esters is 1. The number of aliphatic hydroxyl groups is 3. The van der Waals surface area contributed by atoms with E-state index in [1.165, 1.54) is 0 Å². The Morgan fingerprint density at radius 3 is 2.68 bits per heavy atom. The third kappa shape index (κ3) is 3.10. The van der Waals surface area contributed by atoms with E-state index in [1.54, 1.807) is 30.3 Å². The highest BCUT2D eigenvalue weighted by Crippen LogP contribution is 2.28. The molecule has 0 amide bonds. The van der Waals surface area contributed by atoms with Crippen molar-refractivity contribution in [3.05, 3.63) is 35.9 Å². The Hall–Kier alpha value is -1.47. The van der Waals surface area contributed by atoms with Crippen molar-refractivity contribution in [3.8, 4) is 0 Å². The molecule has 0 bridgehead atoms. The van der Waals surface area contributed by atoms with E-state index in [-0.39, 0.29) is 13.0 Å². The van der Waals surface area contributed by atoms with Crippen molar-refractivity contribution in [3.63, 3.8) is 0 Å². The molecule has 3 N–H and O–H groups in total. The molecular weight excluding hydrogens is 252 g/mol. The van der Waals surface area contributed by atoms with Crippen LogP contribution in [-0.4, -0.2) is 52.5 Å². The summed E-state index contributed by atoms with van der Waals surface area (Å²) in [6, 6.07) is 8.47. The predicted molar refractivity (Wildman–Crippen MR) is 64.3 cm³/mol. The fourth-order valence-corrected chi connectivity index (χ4v) is 1.92. The second-order valence-electron chi connectivity index (χ2n) is 4.46. The van der Waals surface area contributed by atoms with Crippen LogP contribution in [0, 0.1) is 0 Å². The van der Waals surface area contributed by atoms with Gasteiger partial charge in [0.25, 0.3) is 0 Å². The predicted octanol–water partition coefficient (Wildman–Crippen LogP) is -0.326. The lowest BCUT2D eigenvalue weighted by atomic mass is 10.1. The summed E-state index contributed by atoms with van der Waals surface area (Å²) in [5, 5.41) is 28.1. The summed E-state index contributed by atoms with van der Waals surface area (Å²) in [5.74, 6) is -2.47. The molecule has 0 aliphatic carbocycles. The molecule has 1 aromatic carbocycles. The second-order valence-corrected chi connectivity index (χ2v) is 4.46. The van der Waals surface area contributed by atoms with E-state index in [1.807, 2.05) is 0 Å². The summed E-state index contributed by atoms with van der Waals surface area (Å²) in [6.45, 7) is -0.801. The van der Waals surface area contributed by atoms with Crippen LogP contribution in [-0.2, 0) is 9.47 Å². The number of carbonyl (C=O) groups excluding carboxylic acids is 1. The van der Waals surface area contributed by atoms with Crippen molar-refractivity contribution in [1.29, 1.82) is 0 Å². The van der Waals surface area contributed by atoms with Gasteiger partial charge in [-0.2, -0.15) is 0 Å². The maximum Gasteiger partial charge on any atom is 0.338 e. The Kier molecular flexibility index (Phi) is 4.16. The molecule has 1 aromatic rings. The summed E-state index contributed by atoms with van der Waals surface area (Å²) in [7, 11) is 0. The topological polar surface area (TPSA) is 96.2 Å². The van der Waals surface area contributed by atoms with Gasteiger partial charge in [-0.25, -0.2) is 4.79 Å². The van der Waals surface area contributed by atoms with Gasteiger partial charge in [-0.05, 0) is 12.1 Å². The van der Waals surface area contributed by atoms with Gasteiger partial charge >= 0.3 is 5.97 Å². The fraction of sp³-hybridized carbons (Fsp3) is 0.462. The number of aliphatic hydroxyl groups excluding tert-OH is 2. The van der Waals surface area contributed by atoms with Gasteiger partial charge in [0.15, 0.2) is 0 Å². The fourth-order valence-electron chi connectivity index (χ4n) is 1.92. The summed E-state index contributed by atoms with van der Waals surface area (Å²) in [5.41, 5.74) is 0.415. The Balaban J connectivity index is 1.86. The first kappa shape index (κ1) is 14.0. The van der Waals surface area contributed by atoms with E-state index in [4.69, 9.17) is 14.6 Å². The zero-order valence-corrected chi connectivity index (χ0v) is 10.2. The van der Waals surface area contributed by atoms with E-state index in [2.05, 4.69) is 0 Å². The van der Waals surface area contributed by atoms with Gasteiger partial charge in [0.1, 0.15) is 12.7 Å². The van der Waals surface area contributed by atoms with Gasteiger partial charge in [0, 0.05) is 6.42 Å². The highest BCUT2D eigenvalue weighted by atomic mass is 16.7. The molecule has 1 saturated heterocycles. The van der Waals surface area contributed by atoms with Crippen LogP contribution in [0.3, 0.4) is 0 Å². The minimum Gasteiger partial charge on any atom is -0.459 e. The molecule has 0 saturated carbocycles. The van der Waals surface area contributed by atoms with Crippen LogP contribution in [0.5, 0.6) is 0 Å². The third-order valence-corrected chi connectivity index (χ3v) is 3.01. The molecular formula is C13H16O6. The zero-order valence-electron chi connectivity index (χ0n) is 10.2. The van der Waals surface area contributed by atoms with Gasteiger partial charge in [-0.3, -0.25) is 0 Å². The largest absolute Gasteiger partial charge is 0.459 e. The molecule has 6 heteroatoms. The third-order valence-electron chi connectivity index (χ3n) is 3.01. The first-order valence-electron chi connectivity index (χ1n) is 5.96. The van der Waals surface area contributed by atoms with Crippen molar-refractivity contribution in [2.75, 3.05) is 13.2 Å². The van der Waals surface area contributed by atoms with Crippen LogP contribution < -0.4 is 0 Å². The molecule has 104 valence electrons. The molecule has 0 unspecified atom stereocenters. The van der Waals surface area contributed by atoms with Crippen molar-refractivity contribution in [1.82, 2.24) is 0 Å². The first-order chi connectivity index (χ1) is 9.05. The van der Waals surface area contributed by atoms with Crippen LogP contribution in [0.4, 0.5) is 0 Å². The van der Waals surface area contributed by atoms with Gasteiger partial charge in [-0.1, -0.05) is 18.2 Å². The number of rotatable bonds is 4. The van der Waals surface area contributed by atoms with Crippen molar-refractivity contribution in [2.45, 2.75) is 24.4 Å². The van der Waals surface area contributed by atoms with Crippen LogP contribution in [0.1, 0.15) is 16.8 Å². The quantitative estimate of drug-likeness (QED) is 0.647. The number of benzene rings is 1. The lowest BCUT2D eigenvalue weighted by molar-refractivity contribution is -0.247. The molecule has 2 rings (SSSR count). The van der Waals surface area contributed by atoms with E-state index in [0.29, 0.717) is 5.56 Å². The maximum absolute atomic E-state index is 11.7. The molecule has 3 atom stereocenters. The Bertz CT molecular complexity index is 434. The smallest absolute Gasteiger partial charge is 0.338 e. The van der Waals surface area contributed by atoms with Gasteiger partial charge in [-0.15, -0.1) is 0 Å².